The van der Waals surface area contributed by atoms with Crippen molar-refractivity contribution in [3.63, 3.8) is 0 Å². The second-order valence-corrected chi connectivity index (χ2v) is 9.07. The van der Waals surface area contributed by atoms with Crippen LogP contribution in [0.3, 0.4) is 0 Å². The summed E-state index contributed by atoms with van der Waals surface area (Å²) in [4.78, 5) is 23.0. The van der Waals surface area contributed by atoms with E-state index in [-0.39, 0.29) is 12.0 Å². The summed E-state index contributed by atoms with van der Waals surface area (Å²) < 4.78 is 5.82. The van der Waals surface area contributed by atoms with Crippen LogP contribution in [0.4, 0.5) is 0 Å². The lowest BCUT2D eigenvalue weighted by molar-refractivity contribution is -0.136. The van der Waals surface area contributed by atoms with Crippen molar-refractivity contribution in [2.24, 2.45) is 0 Å². The number of likely N-dealkylation sites (tertiary alicyclic amines) is 1. The highest BCUT2D eigenvalue weighted by Gasteiger charge is 2.30. The van der Waals surface area contributed by atoms with Crippen LogP contribution in [0.25, 0.3) is 22.0 Å². The van der Waals surface area contributed by atoms with E-state index in [1.807, 2.05) is 12.4 Å². The molecule has 31 heavy (non-hydrogen) atoms. The minimum atomic E-state index is 0.102. The summed E-state index contributed by atoms with van der Waals surface area (Å²) in [6.07, 6.45) is 9.76. The molecule has 5 heteroatoms. The molecule has 2 unspecified atom stereocenters. The maximum atomic E-state index is 13.0. The molecule has 0 bridgehead atoms. The zero-order valence-electron chi connectivity index (χ0n) is 18.3. The predicted molar refractivity (Wildman–Crippen MR) is 123 cm³/mol. The Morgan fingerprint density at radius 2 is 2.03 bits per heavy atom. The molecule has 1 amide bonds. The average Bonchev–Trinajstić information content (AvgIpc) is 3.19. The van der Waals surface area contributed by atoms with Crippen LogP contribution in [-0.2, 0) is 9.53 Å². The fourth-order valence-electron chi connectivity index (χ4n) is 5.19. The van der Waals surface area contributed by atoms with E-state index in [1.165, 1.54) is 34.2 Å². The number of H-pyrrole nitrogens is 1. The zero-order valence-corrected chi connectivity index (χ0v) is 18.3. The first-order valence-electron chi connectivity index (χ1n) is 11.6. The molecule has 0 saturated carbocycles. The summed E-state index contributed by atoms with van der Waals surface area (Å²) in [6.45, 7) is 4.56. The van der Waals surface area contributed by atoms with Gasteiger partial charge in [0.25, 0.3) is 0 Å². The van der Waals surface area contributed by atoms with Crippen LogP contribution in [0.2, 0.25) is 0 Å². The van der Waals surface area contributed by atoms with Gasteiger partial charge in [0, 0.05) is 60.2 Å². The number of benzene rings is 1. The molecule has 4 heterocycles. The first kappa shape index (κ1) is 20.3. The minimum absolute atomic E-state index is 0.102. The van der Waals surface area contributed by atoms with Crippen molar-refractivity contribution in [1.82, 2.24) is 14.9 Å². The van der Waals surface area contributed by atoms with E-state index in [2.05, 4.69) is 52.1 Å². The summed E-state index contributed by atoms with van der Waals surface area (Å²) in [7, 11) is 0. The van der Waals surface area contributed by atoms with Gasteiger partial charge in [-0.25, -0.2) is 0 Å². The molecule has 3 aromatic rings. The van der Waals surface area contributed by atoms with Gasteiger partial charge in [-0.05, 0) is 68.9 Å². The quantitative estimate of drug-likeness (QED) is 0.634. The Kier molecular flexibility index (Phi) is 5.77. The van der Waals surface area contributed by atoms with Crippen molar-refractivity contribution in [3.05, 3.63) is 54.0 Å². The van der Waals surface area contributed by atoms with Gasteiger partial charge >= 0.3 is 0 Å². The standard InChI is InChI=1S/C26H31N3O2/c1-18-7-8-23-22(15-18)25(19-9-11-27-12-10-19)26(28-23)20-5-4-13-29(17-20)24(30)16-21-6-2-3-14-31-21/h7-12,15,20-21,28H,2-6,13-14,16-17H2,1H3. The number of hydrogen-bond acceptors (Lipinski definition) is 3. The summed E-state index contributed by atoms with van der Waals surface area (Å²) in [6, 6.07) is 10.8. The number of carbonyl (C=O) groups excluding carboxylic acids is 1. The van der Waals surface area contributed by atoms with Crippen molar-refractivity contribution >= 4 is 16.8 Å². The molecule has 2 atom stereocenters. The van der Waals surface area contributed by atoms with Gasteiger partial charge in [-0.3, -0.25) is 9.78 Å². The van der Waals surface area contributed by atoms with Crippen LogP contribution >= 0.6 is 0 Å². The van der Waals surface area contributed by atoms with Crippen LogP contribution in [-0.4, -0.2) is 46.6 Å². The van der Waals surface area contributed by atoms with Gasteiger partial charge in [0.15, 0.2) is 0 Å². The van der Waals surface area contributed by atoms with Gasteiger partial charge in [-0.15, -0.1) is 0 Å². The van der Waals surface area contributed by atoms with Gasteiger partial charge in [0.05, 0.1) is 12.5 Å². The zero-order chi connectivity index (χ0) is 21.2. The molecular formula is C26H31N3O2. The highest BCUT2D eigenvalue weighted by molar-refractivity contribution is 5.98. The Morgan fingerprint density at radius 1 is 1.16 bits per heavy atom. The number of carbonyl (C=O) groups is 1. The second-order valence-electron chi connectivity index (χ2n) is 9.07. The van der Waals surface area contributed by atoms with Gasteiger partial charge in [-0.2, -0.15) is 0 Å². The number of nitrogens with zero attached hydrogens (tertiary/aromatic N) is 2. The topological polar surface area (TPSA) is 58.2 Å². The minimum Gasteiger partial charge on any atom is -0.378 e. The highest BCUT2D eigenvalue weighted by Crippen LogP contribution is 2.39. The normalized spacial score (nSPS) is 22.0. The van der Waals surface area contributed by atoms with E-state index in [0.29, 0.717) is 12.3 Å². The third-order valence-electron chi connectivity index (χ3n) is 6.81. The largest absolute Gasteiger partial charge is 0.378 e. The van der Waals surface area contributed by atoms with Crippen molar-refractivity contribution in [2.45, 2.75) is 57.5 Å². The molecule has 1 aromatic carbocycles. The molecule has 0 aliphatic carbocycles. The summed E-state index contributed by atoms with van der Waals surface area (Å²) in [5.41, 5.74) is 6.10. The van der Waals surface area contributed by atoms with Crippen molar-refractivity contribution in [1.29, 1.82) is 0 Å². The molecule has 2 aliphatic rings. The van der Waals surface area contributed by atoms with Gasteiger partial charge in [0.2, 0.25) is 5.91 Å². The van der Waals surface area contributed by atoms with Crippen LogP contribution in [0, 0.1) is 6.92 Å². The molecule has 2 fully saturated rings. The first-order chi connectivity index (χ1) is 15.2. The summed E-state index contributed by atoms with van der Waals surface area (Å²) in [5, 5.41) is 1.25. The molecule has 1 N–H and O–H groups in total. The van der Waals surface area contributed by atoms with E-state index in [4.69, 9.17) is 4.74 Å². The van der Waals surface area contributed by atoms with E-state index in [0.717, 1.165) is 50.9 Å². The number of nitrogens with one attached hydrogen (secondary N) is 1. The average molecular weight is 418 g/mol. The molecule has 0 spiro atoms. The molecular weight excluding hydrogens is 386 g/mol. The number of amides is 1. The molecule has 2 saturated heterocycles. The number of piperidine rings is 1. The Balaban J connectivity index is 1.44. The number of ether oxygens (including phenoxy) is 1. The smallest absolute Gasteiger partial charge is 0.225 e. The Morgan fingerprint density at radius 3 is 2.84 bits per heavy atom. The predicted octanol–water partition coefficient (Wildman–Crippen LogP) is 5.20. The number of hydrogen-bond donors (Lipinski definition) is 1. The SMILES string of the molecule is Cc1ccc2[nH]c(C3CCCN(C(=O)CC4CCCCO4)C3)c(-c3ccncc3)c2c1. The van der Waals surface area contributed by atoms with E-state index in [1.54, 1.807) is 0 Å². The van der Waals surface area contributed by atoms with Crippen molar-refractivity contribution in [3.8, 4) is 11.1 Å². The third-order valence-corrected chi connectivity index (χ3v) is 6.81. The molecule has 2 aliphatic heterocycles. The fourth-order valence-corrected chi connectivity index (χ4v) is 5.19. The van der Waals surface area contributed by atoms with Crippen molar-refractivity contribution < 1.29 is 9.53 Å². The van der Waals surface area contributed by atoms with Gasteiger partial charge in [0.1, 0.15) is 0 Å². The molecule has 5 nitrogen and oxygen atoms in total. The van der Waals surface area contributed by atoms with Crippen LogP contribution in [0.15, 0.2) is 42.7 Å². The molecule has 0 radical (unpaired) electrons. The number of aromatic amines is 1. The van der Waals surface area contributed by atoms with Gasteiger partial charge < -0.3 is 14.6 Å². The summed E-state index contributed by atoms with van der Waals surface area (Å²) in [5.74, 6) is 0.551. The second kappa shape index (κ2) is 8.83. The van der Waals surface area contributed by atoms with Crippen LogP contribution in [0.1, 0.15) is 55.7 Å². The highest BCUT2D eigenvalue weighted by atomic mass is 16.5. The first-order valence-corrected chi connectivity index (χ1v) is 11.6. The van der Waals surface area contributed by atoms with E-state index in [9.17, 15) is 4.79 Å². The maximum absolute atomic E-state index is 13.0. The lowest BCUT2D eigenvalue weighted by Crippen LogP contribution is -2.41. The number of rotatable bonds is 4. The molecule has 2 aromatic heterocycles. The number of aryl methyl sites for hydroxylation is 1. The lowest BCUT2D eigenvalue weighted by Gasteiger charge is -2.34. The monoisotopic (exact) mass is 417 g/mol. The molecule has 162 valence electrons. The van der Waals surface area contributed by atoms with E-state index >= 15 is 0 Å². The van der Waals surface area contributed by atoms with Gasteiger partial charge in [-0.1, -0.05) is 11.6 Å². The van der Waals surface area contributed by atoms with Crippen LogP contribution in [0.5, 0.6) is 0 Å². The van der Waals surface area contributed by atoms with E-state index < -0.39 is 0 Å². The molecule has 5 rings (SSSR count). The fraction of sp³-hybridized carbons (Fsp3) is 0.462. The Hall–Kier alpha value is -2.66. The Bertz CT molecular complexity index is 1050. The maximum Gasteiger partial charge on any atom is 0.225 e. The Labute approximate surface area is 183 Å². The number of fused-ring (bicyclic) bond motifs is 1. The lowest BCUT2D eigenvalue weighted by atomic mass is 9.89. The van der Waals surface area contributed by atoms with Crippen LogP contribution < -0.4 is 0 Å². The summed E-state index contributed by atoms with van der Waals surface area (Å²) >= 11 is 0. The van der Waals surface area contributed by atoms with Crippen molar-refractivity contribution in [2.75, 3.05) is 19.7 Å². The number of pyridine rings is 1. The third kappa shape index (κ3) is 4.24. The number of aromatic nitrogens is 2.